The second kappa shape index (κ2) is 8.14. The molecule has 0 atom stereocenters. The van der Waals surface area contributed by atoms with E-state index in [1.807, 2.05) is 6.92 Å². The lowest BCUT2D eigenvalue weighted by molar-refractivity contribution is -0.122. The van der Waals surface area contributed by atoms with Crippen LogP contribution in [0.2, 0.25) is 5.02 Å². The zero-order chi connectivity index (χ0) is 20.3. The summed E-state index contributed by atoms with van der Waals surface area (Å²) in [5.41, 5.74) is 0.533. The van der Waals surface area contributed by atoms with E-state index < -0.39 is 17.8 Å². The molecule has 8 heteroatoms. The normalized spacial score (nSPS) is 15.6. The summed E-state index contributed by atoms with van der Waals surface area (Å²) in [6.45, 7) is 2.34. The van der Waals surface area contributed by atoms with E-state index in [0.717, 1.165) is 4.90 Å². The van der Waals surface area contributed by atoms with E-state index in [1.165, 1.54) is 13.2 Å². The number of carbonyl (C=O) groups excluding carboxylic acids is 3. The standard InChI is InChI=1S/C20H17ClN2O5/c1-3-28-15-7-5-14(6-8-15)23-19(25)16(18(24)22-20(23)26)11-12-10-13(21)4-9-17(12)27-2/h4-11H,3H2,1-2H3,(H,22,24,26)/b16-11+. The third kappa shape index (κ3) is 3.84. The van der Waals surface area contributed by atoms with Crippen LogP contribution in [0.4, 0.5) is 10.5 Å². The van der Waals surface area contributed by atoms with Gasteiger partial charge in [-0.05, 0) is 55.5 Å². The lowest BCUT2D eigenvalue weighted by Crippen LogP contribution is -2.54. The van der Waals surface area contributed by atoms with E-state index in [2.05, 4.69) is 5.32 Å². The maximum Gasteiger partial charge on any atom is 0.335 e. The lowest BCUT2D eigenvalue weighted by atomic mass is 10.1. The Kier molecular flexibility index (Phi) is 5.65. The number of nitrogens with zero attached hydrogens (tertiary/aromatic N) is 1. The van der Waals surface area contributed by atoms with E-state index in [1.54, 1.807) is 42.5 Å². The summed E-state index contributed by atoms with van der Waals surface area (Å²) in [6, 6.07) is 10.4. The quantitative estimate of drug-likeness (QED) is 0.614. The number of barbiturate groups is 1. The van der Waals surface area contributed by atoms with Crippen molar-refractivity contribution in [2.24, 2.45) is 0 Å². The largest absolute Gasteiger partial charge is 0.496 e. The van der Waals surface area contributed by atoms with Gasteiger partial charge in [0.1, 0.15) is 17.1 Å². The van der Waals surface area contributed by atoms with Crippen molar-refractivity contribution >= 4 is 41.2 Å². The molecule has 1 saturated heterocycles. The number of hydrogen-bond acceptors (Lipinski definition) is 5. The Bertz CT molecular complexity index is 969. The SMILES string of the molecule is CCOc1ccc(N2C(=O)NC(=O)/C(=C\c3cc(Cl)ccc3OC)C2=O)cc1. The van der Waals surface area contributed by atoms with Crippen LogP contribution in [0.25, 0.3) is 6.08 Å². The molecule has 1 N–H and O–H groups in total. The molecule has 2 aromatic carbocycles. The van der Waals surface area contributed by atoms with Crippen molar-refractivity contribution in [2.45, 2.75) is 6.92 Å². The van der Waals surface area contributed by atoms with Crippen molar-refractivity contribution in [1.29, 1.82) is 0 Å². The highest BCUT2D eigenvalue weighted by Crippen LogP contribution is 2.28. The predicted octanol–water partition coefficient (Wildman–Crippen LogP) is 3.41. The van der Waals surface area contributed by atoms with Crippen LogP contribution in [0.1, 0.15) is 12.5 Å². The highest BCUT2D eigenvalue weighted by molar-refractivity contribution is 6.39. The van der Waals surface area contributed by atoms with Gasteiger partial charge < -0.3 is 9.47 Å². The van der Waals surface area contributed by atoms with Crippen molar-refractivity contribution in [3.05, 3.63) is 58.6 Å². The van der Waals surface area contributed by atoms with Gasteiger partial charge in [-0.1, -0.05) is 11.6 Å². The fraction of sp³-hybridized carbons (Fsp3) is 0.150. The number of amides is 4. The van der Waals surface area contributed by atoms with Gasteiger partial charge in [0, 0.05) is 10.6 Å². The van der Waals surface area contributed by atoms with Gasteiger partial charge in [0.15, 0.2) is 0 Å². The first-order valence-electron chi connectivity index (χ1n) is 8.42. The van der Waals surface area contributed by atoms with Gasteiger partial charge in [-0.25, -0.2) is 9.69 Å². The van der Waals surface area contributed by atoms with E-state index in [0.29, 0.717) is 34.4 Å². The van der Waals surface area contributed by atoms with Crippen LogP contribution in [0, 0.1) is 0 Å². The summed E-state index contributed by atoms with van der Waals surface area (Å²) in [6.07, 6.45) is 1.34. The smallest absolute Gasteiger partial charge is 0.335 e. The first kappa shape index (κ1) is 19.4. The monoisotopic (exact) mass is 400 g/mol. The maximum atomic E-state index is 12.9. The molecule has 4 amide bonds. The van der Waals surface area contributed by atoms with Crippen LogP contribution in [0.3, 0.4) is 0 Å². The second-order valence-corrected chi connectivity index (χ2v) is 6.21. The fourth-order valence-corrected chi connectivity index (χ4v) is 2.90. The average molecular weight is 401 g/mol. The molecule has 0 bridgehead atoms. The topological polar surface area (TPSA) is 84.9 Å². The van der Waals surface area contributed by atoms with Crippen LogP contribution < -0.4 is 19.7 Å². The molecular formula is C20H17ClN2O5. The molecule has 28 heavy (non-hydrogen) atoms. The predicted molar refractivity (Wildman–Crippen MR) is 105 cm³/mol. The summed E-state index contributed by atoms with van der Waals surface area (Å²) in [4.78, 5) is 38.4. The zero-order valence-corrected chi connectivity index (χ0v) is 15.9. The van der Waals surface area contributed by atoms with Crippen molar-refractivity contribution in [1.82, 2.24) is 5.32 Å². The van der Waals surface area contributed by atoms with Gasteiger partial charge >= 0.3 is 6.03 Å². The molecule has 0 aromatic heterocycles. The van der Waals surface area contributed by atoms with Gasteiger partial charge in [-0.3, -0.25) is 14.9 Å². The Hall–Kier alpha value is -3.32. The Morgan fingerprint density at radius 2 is 1.82 bits per heavy atom. The molecule has 1 aliphatic heterocycles. The number of benzene rings is 2. The van der Waals surface area contributed by atoms with E-state index in [4.69, 9.17) is 21.1 Å². The minimum Gasteiger partial charge on any atom is -0.496 e. The number of halogens is 1. The third-order valence-electron chi connectivity index (χ3n) is 4.00. The number of imide groups is 2. The number of rotatable bonds is 5. The van der Waals surface area contributed by atoms with Gasteiger partial charge in [0.25, 0.3) is 11.8 Å². The number of ether oxygens (including phenoxy) is 2. The second-order valence-electron chi connectivity index (χ2n) is 5.77. The minimum absolute atomic E-state index is 0.214. The van der Waals surface area contributed by atoms with Crippen molar-refractivity contribution in [3.8, 4) is 11.5 Å². The van der Waals surface area contributed by atoms with Gasteiger partial charge in [-0.2, -0.15) is 0 Å². The van der Waals surface area contributed by atoms with Gasteiger partial charge in [0.05, 0.1) is 19.4 Å². The van der Waals surface area contributed by atoms with Crippen molar-refractivity contribution in [2.75, 3.05) is 18.6 Å². The number of nitrogens with one attached hydrogen (secondary N) is 1. The molecular weight excluding hydrogens is 384 g/mol. The summed E-state index contributed by atoms with van der Waals surface area (Å²) in [7, 11) is 1.46. The Balaban J connectivity index is 1.99. The zero-order valence-electron chi connectivity index (χ0n) is 15.2. The molecule has 1 fully saturated rings. The number of urea groups is 1. The highest BCUT2D eigenvalue weighted by atomic mass is 35.5. The highest BCUT2D eigenvalue weighted by Gasteiger charge is 2.37. The third-order valence-corrected chi connectivity index (χ3v) is 4.23. The number of carbonyl (C=O) groups is 3. The first-order chi connectivity index (χ1) is 13.4. The van der Waals surface area contributed by atoms with Crippen LogP contribution in [-0.2, 0) is 9.59 Å². The number of hydrogen-bond donors (Lipinski definition) is 1. The molecule has 144 valence electrons. The van der Waals surface area contributed by atoms with E-state index in [9.17, 15) is 14.4 Å². The molecule has 3 rings (SSSR count). The molecule has 0 unspecified atom stereocenters. The lowest BCUT2D eigenvalue weighted by Gasteiger charge is -2.26. The molecule has 0 radical (unpaired) electrons. The minimum atomic E-state index is -0.825. The molecule has 7 nitrogen and oxygen atoms in total. The van der Waals surface area contributed by atoms with Crippen LogP contribution in [0.15, 0.2) is 48.0 Å². The van der Waals surface area contributed by atoms with Crippen LogP contribution in [-0.4, -0.2) is 31.6 Å². The summed E-state index contributed by atoms with van der Waals surface area (Å²) in [5, 5.41) is 2.59. The van der Waals surface area contributed by atoms with E-state index >= 15 is 0 Å². The summed E-state index contributed by atoms with van der Waals surface area (Å²) >= 11 is 6.01. The maximum absolute atomic E-state index is 12.9. The molecule has 0 aliphatic carbocycles. The van der Waals surface area contributed by atoms with Crippen LogP contribution in [0.5, 0.6) is 11.5 Å². The Morgan fingerprint density at radius 1 is 1.11 bits per heavy atom. The number of methoxy groups -OCH3 is 1. The van der Waals surface area contributed by atoms with Crippen molar-refractivity contribution in [3.63, 3.8) is 0 Å². The van der Waals surface area contributed by atoms with Crippen molar-refractivity contribution < 1.29 is 23.9 Å². The van der Waals surface area contributed by atoms with Gasteiger partial charge in [-0.15, -0.1) is 0 Å². The number of anilines is 1. The fourth-order valence-electron chi connectivity index (χ4n) is 2.72. The first-order valence-corrected chi connectivity index (χ1v) is 8.80. The summed E-state index contributed by atoms with van der Waals surface area (Å²) < 4.78 is 10.6. The molecule has 1 aliphatic rings. The van der Waals surface area contributed by atoms with Gasteiger partial charge in [0.2, 0.25) is 0 Å². The average Bonchev–Trinajstić information content (AvgIpc) is 2.67. The van der Waals surface area contributed by atoms with E-state index in [-0.39, 0.29) is 5.57 Å². The molecule has 0 saturated carbocycles. The molecule has 1 heterocycles. The molecule has 0 spiro atoms. The van der Waals surface area contributed by atoms with Crippen LogP contribution >= 0.6 is 11.6 Å². The molecule has 2 aromatic rings. The Labute approximate surface area is 166 Å². The Morgan fingerprint density at radius 3 is 2.46 bits per heavy atom. The summed E-state index contributed by atoms with van der Waals surface area (Å²) in [5.74, 6) is -0.507.